The molecule has 4 nitrogen and oxygen atoms in total. The monoisotopic (exact) mass is 684 g/mol. The van der Waals surface area contributed by atoms with Crippen molar-refractivity contribution in [1.82, 2.24) is 9.13 Å². The van der Waals surface area contributed by atoms with E-state index in [1.807, 2.05) is 23.5 Å². The summed E-state index contributed by atoms with van der Waals surface area (Å²) in [5.41, 5.74) is 2.84. The summed E-state index contributed by atoms with van der Waals surface area (Å²) in [5, 5.41) is 23.5. The maximum absolute atomic E-state index is 10.7. The van der Waals surface area contributed by atoms with E-state index in [0.29, 0.717) is 12.8 Å². The molecule has 42 heavy (non-hydrogen) atoms. The molecule has 0 aliphatic carbocycles. The Morgan fingerprint density at radius 2 is 1.10 bits per heavy atom. The molecule has 2 aromatic heterocycles. The highest BCUT2D eigenvalue weighted by atomic mass is 32.2. The average Bonchev–Trinajstić information content (AvgIpc) is 3.59. The minimum atomic E-state index is -0.389. The quantitative estimate of drug-likeness (QED) is 0.111. The fraction of sp³-hybridized carbons (Fsp3) is 0.688. The second-order valence-electron chi connectivity index (χ2n) is 13.6. The average molecular weight is 685 g/mol. The normalized spacial score (nSPS) is 16.5. The Hall–Kier alpha value is 0.0600. The van der Waals surface area contributed by atoms with Gasteiger partial charge < -0.3 is 19.3 Å². The zero-order chi connectivity index (χ0) is 30.7. The summed E-state index contributed by atoms with van der Waals surface area (Å²) < 4.78 is 6.07. The third kappa shape index (κ3) is 9.30. The predicted octanol–water partition coefficient (Wildman–Crippen LogP) is 9.22. The number of hydrogen-bond acceptors (Lipinski definition) is 8. The summed E-state index contributed by atoms with van der Waals surface area (Å²) in [5.74, 6) is 2.22. The number of nitrogens with zero attached hydrogens (tertiary/aromatic N) is 2. The summed E-state index contributed by atoms with van der Waals surface area (Å²) in [4.78, 5) is 2.58. The second-order valence-corrected chi connectivity index (χ2v) is 17.5. The summed E-state index contributed by atoms with van der Waals surface area (Å²) in [7, 11) is 0. The number of aliphatic hydroxyl groups excluding tert-OH is 2. The largest absolute Gasteiger partial charge is 0.393 e. The van der Waals surface area contributed by atoms with Crippen LogP contribution >= 0.6 is 73.2 Å². The summed E-state index contributed by atoms with van der Waals surface area (Å²) in [6.45, 7) is 10.8. The van der Waals surface area contributed by atoms with Crippen molar-refractivity contribution in [2.75, 3.05) is 11.5 Å². The Morgan fingerprint density at radius 1 is 0.714 bits per heavy atom. The molecular formula is C32H48N2O2S6. The molecular weight excluding hydrogens is 637 g/mol. The number of aliphatic hydroxyl groups is 2. The van der Waals surface area contributed by atoms with Crippen LogP contribution in [0.2, 0.25) is 0 Å². The Kier molecular flexibility index (Phi) is 12.6. The molecule has 2 aliphatic heterocycles. The van der Waals surface area contributed by atoms with E-state index in [-0.39, 0.29) is 23.0 Å². The SMILES string of the molecule is CC(C)(CCC(O)CCC(O)CCC(C)(C)CCn1c(S)c2c(cc1=S)SCC2)CCn1c(S)c2c(cc1=S)SCC2. The van der Waals surface area contributed by atoms with Crippen LogP contribution in [-0.4, -0.2) is 43.1 Å². The van der Waals surface area contributed by atoms with Crippen LogP contribution in [0.25, 0.3) is 0 Å². The van der Waals surface area contributed by atoms with Crippen LogP contribution in [0.15, 0.2) is 32.0 Å². The third-order valence-electron chi connectivity index (χ3n) is 9.07. The maximum Gasteiger partial charge on any atom is 0.107 e. The van der Waals surface area contributed by atoms with Crippen molar-refractivity contribution in [3.8, 4) is 0 Å². The summed E-state index contributed by atoms with van der Waals surface area (Å²) >= 11 is 24.7. The van der Waals surface area contributed by atoms with Gasteiger partial charge in [-0.1, -0.05) is 52.1 Å². The molecule has 0 bridgehead atoms. The molecule has 0 amide bonds. The smallest absolute Gasteiger partial charge is 0.107 e. The van der Waals surface area contributed by atoms with Crippen LogP contribution in [0.3, 0.4) is 0 Å². The van der Waals surface area contributed by atoms with Crippen LogP contribution in [0, 0.1) is 20.1 Å². The lowest BCUT2D eigenvalue weighted by Gasteiger charge is -2.28. The lowest BCUT2D eigenvalue weighted by Crippen LogP contribution is -2.21. The minimum absolute atomic E-state index is 0.0832. The molecule has 2 N–H and O–H groups in total. The van der Waals surface area contributed by atoms with Gasteiger partial charge in [-0.15, -0.1) is 48.8 Å². The summed E-state index contributed by atoms with van der Waals surface area (Å²) in [6.07, 6.45) is 7.95. The Balaban J connectivity index is 1.16. The van der Waals surface area contributed by atoms with E-state index in [0.717, 1.165) is 95.3 Å². The van der Waals surface area contributed by atoms with Crippen LogP contribution < -0.4 is 0 Å². The number of thioether (sulfide) groups is 2. The molecule has 2 aromatic rings. The Labute approximate surface area is 282 Å². The summed E-state index contributed by atoms with van der Waals surface area (Å²) in [6, 6.07) is 4.26. The third-order valence-corrected chi connectivity index (χ3v) is 12.9. The molecule has 2 atom stereocenters. The molecule has 4 rings (SSSR count). The lowest BCUT2D eigenvalue weighted by molar-refractivity contribution is 0.0857. The molecule has 0 fully saturated rings. The van der Waals surface area contributed by atoms with Gasteiger partial charge in [-0.05, 0) is 98.3 Å². The van der Waals surface area contributed by atoms with E-state index in [1.54, 1.807) is 0 Å². The van der Waals surface area contributed by atoms with Crippen LogP contribution in [-0.2, 0) is 25.9 Å². The van der Waals surface area contributed by atoms with Gasteiger partial charge in [-0.3, -0.25) is 0 Å². The molecule has 2 unspecified atom stereocenters. The number of aromatic nitrogens is 2. The highest BCUT2D eigenvalue weighted by Gasteiger charge is 2.24. The molecule has 0 radical (unpaired) electrons. The van der Waals surface area contributed by atoms with Crippen molar-refractivity contribution in [2.45, 2.75) is 137 Å². The molecule has 0 saturated carbocycles. The Bertz CT molecular complexity index is 1260. The fourth-order valence-corrected chi connectivity index (χ4v) is 9.97. The van der Waals surface area contributed by atoms with Crippen LogP contribution in [0.4, 0.5) is 0 Å². The Morgan fingerprint density at radius 3 is 1.48 bits per heavy atom. The molecule has 0 saturated heterocycles. The van der Waals surface area contributed by atoms with Gasteiger partial charge in [-0.2, -0.15) is 0 Å². The van der Waals surface area contributed by atoms with Gasteiger partial charge in [0.2, 0.25) is 0 Å². The molecule has 0 spiro atoms. The highest BCUT2D eigenvalue weighted by Crippen LogP contribution is 2.38. The van der Waals surface area contributed by atoms with Gasteiger partial charge in [0, 0.05) is 34.4 Å². The van der Waals surface area contributed by atoms with E-state index in [4.69, 9.17) is 49.7 Å². The van der Waals surface area contributed by atoms with Crippen molar-refractivity contribution >= 4 is 73.2 Å². The van der Waals surface area contributed by atoms with E-state index in [2.05, 4.69) is 49.0 Å². The van der Waals surface area contributed by atoms with E-state index < -0.39 is 0 Å². The zero-order valence-corrected chi connectivity index (χ0v) is 30.6. The van der Waals surface area contributed by atoms with Crippen molar-refractivity contribution in [2.24, 2.45) is 10.8 Å². The van der Waals surface area contributed by atoms with Gasteiger partial charge in [0.05, 0.1) is 22.3 Å². The van der Waals surface area contributed by atoms with Crippen LogP contribution in [0.5, 0.6) is 0 Å². The lowest BCUT2D eigenvalue weighted by atomic mass is 9.82. The number of hydrogen-bond donors (Lipinski definition) is 4. The fourth-order valence-electron chi connectivity index (χ4n) is 5.86. The number of thiol groups is 2. The second kappa shape index (κ2) is 15.1. The first-order valence-electron chi connectivity index (χ1n) is 15.3. The van der Waals surface area contributed by atoms with Gasteiger partial charge in [0.1, 0.15) is 9.28 Å². The molecule has 4 heterocycles. The first-order valence-corrected chi connectivity index (χ1v) is 19.0. The molecule has 0 aromatic carbocycles. The zero-order valence-electron chi connectivity index (χ0n) is 25.5. The standard InChI is InChI=1S/C32H48N2O2S6/c1-31(2,13-15-33-27(37)19-25-23(29(33)39)9-17-41-25)11-7-21(35)5-6-22(36)8-12-32(3,4)14-16-34-28(38)20-26-24(30(34)40)10-18-42-26/h19-22,35-36,39-40H,5-18H2,1-4H3. The first kappa shape index (κ1) is 34.9. The van der Waals surface area contributed by atoms with Gasteiger partial charge in [0.25, 0.3) is 0 Å². The minimum Gasteiger partial charge on any atom is -0.393 e. The number of rotatable bonds is 15. The van der Waals surface area contributed by atoms with Crippen molar-refractivity contribution in [3.63, 3.8) is 0 Å². The van der Waals surface area contributed by atoms with E-state index in [1.165, 1.54) is 20.9 Å². The van der Waals surface area contributed by atoms with E-state index in [9.17, 15) is 10.2 Å². The van der Waals surface area contributed by atoms with Gasteiger partial charge in [0.15, 0.2) is 0 Å². The van der Waals surface area contributed by atoms with Gasteiger partial charge in [-0.25, -0.2) is 0 Å². The topological polar surface area (TPSA) is 50.3 Å². The highest BCUT2D eigenvalue weighted by molar-refractivity contribution is 8.00. The first-order chi connectivity index (χ1) is 19.8. The molecule has 2 aliphatic rings. The maximum atomic E-state index is 10.7. The number of fused-ring (bicyclic) bond motifs is 2. The van der Waals surface area contributed by atoms with Gasteiger partial charge >= 0.3 is 0 Å². The van der Waals surface area contributed by atoms with Crippen molar-refractivity contribution in [3.05, 3.63) is 32.5 Å². The molecule has 234 valence electrons. The predicted molar refractivity (Wildman–Crippen MR) is 190 cm³/mol. The van der Waals surface area contributed by atoms with Crippen molar-refractivity contribution in [1.29, 1.82) is 0 Å². The molecule has 10 heteroatoms. The van der Waals surface area contributed by atoms with Crippen molar-refractivity contribution < 1.29 is 10.2 Å². The van der Waals surface area contributed by atoms with E-state index >= 15 is 0 Å². The van der Waals surface area contributed by atoms with Crippen LogP contribution in [0.1, 0.15) is 90.2 Å². The number of pyridine rings is 2.